The number of carbonyl (C=O) groups is 1. The number of nitrogens with zero attached hydrogens (tertiary/aromatic N) is 2. The summed E-state index contributed by atoms with van der Waals surface area (Å²) in [4.78, 5) is 17.0. The second-order valence-electron chi connectivity index (χ2n) is 5.78. The fourth-order valence-corrected chi connectivity index (χ4v) is 3.71. The first-order valence-corrected chi connectivity index (χ1v) is 9.69. The Labute approximate surface area is 152 Å². The van der Waals surface area contributed by atoms with Crippen LogP contribution in [0.5, 0.6) is 0 Å². The SMILES string of the molecule is CCNS(=O)(=O)c1ccc(C(=O)NCc2nc3ccccc3n2C)cc1. The average Bonchev–Trinajstić information content (AvgIpc) is 2.96. The zero-order valence-corrected chi connectivity index (χ0v) is 15.4. The van der Waals surface area contributed by atoms with Gasteiger partial charge in [0, 0.05) is 19.2 Å². The van der Waals surface area contributed by atoms with E-state index in [1.54, 1.807) is 6.92 Å². The van der Waals surface area contributed by atoms with Gasteiger partial charge in [0.1, 0.15) is 5.82 Å². The summed E-state index contributed by atoms with van der Waals surface area (Å²) in [6.45, 7) is 2.30. The van der Waals surface area contributed by atoms with Crippen molar-refractivity contribution in [2.24, 2.45) is 7.05 Å². The molecule has 2 aromatic carbocycles. The Kier molecular flexibility index (Phi) is 5.06. The third-order valence-electron chi connectivity index (χ3n) is 4.05. The lowest BCUT2D eigenvalue weighted by Gasteiger charge is -2.07. The van der Waals surface area contributed by atoms with Gasteiger partial charge in [0.25, 0.3) is 5.91 Å². The van der Waals surface area contributed by atoms with E-state index in [9.17, 15) is 13.2 Å². The highest BCUT2D eigenvalue weighted by atomic mass is 32.2. The largest absolute Gasteiger partial charge is 0.345 e. The number of fused-ring (bicyclic) bond motifs is 1. The van der Waals surface area contributed by atoms with Crippen LogP contribution in [0.15, 0.2) is 53.4 Å². The molecule has 0 aliphatic rings. The van der Waals surface area contributed by atoms with E-state index in [2.05, 4.69) is 15.0 Å². The number of hydrogen-bond acceptors (Lipinski definition) is 4. The molecule has 0 saturated carbocycles. The van der Waals surface area contributed by atoms with E-state index in [1.807, 2.05) is 35.9 Å². The van der Waals surface area contributed by atoms with Crippen molar-refractivity contribution in [3.8, 4) is 0 Å². The molecule has 0 bridgehead atoms. The van der Waals surface area contributed by atoms with Gasteiger partial charge in [-0.1, -0.05) is 19.1 Å². The highest BCUT2D eigenvalue weighted by molar-refractivity contribution is 7.89. The molecule has 1 heterocycles. The van der Waals surface area contributed by atoms with Crippen molar-refractivity contribution in [3.05, 3.63) is 59.9 Å². The first-order valence-electron chi connectivity index (χ1n) is 8.20. The number of nitrogens with one attached hydrogen (secondary N) is 2. The van der Waals surface area contributed by atoms with Gasteiger partial charge in [-0.05, 0) is 36.4 Å². The third kappa shape index (κ3) is 3.61. The van der Waals surface area contributed by atoms with Gasteiger partial charge < -0.3 is 9.88 Å². The summed E-state index contributed by atoms with van der Waals surface area (Å²) in [5.74, 6) is 0.454. The van der Waals surface area contributed by atoms with E-state index < -0.39 is 10.0 Å². The van der Waals surface area contributed by atoms with Crippen molar-refractivity contribution >= 4 is 27.0 Å². The molecule has 1 amide bonds. The minimum Gasteiger partial charge on any atom is -0.345 e. The minimum absolute atomic E-state index is 0.131. The maximum absolute atomic E-state index is 12.3. The molecule has 3 aromatic rings. The van der Waals surface area contributed by atoms with Crippen LogP contribution in [-0.4, -0.2) is 30.4 Å². The van der Waals surface area contributed by atoms with E-state index in [4.69, 9.17) is 0 Å². The summed E-state index contributed by atoms with van der Waals surface area (Å²) in [5, 5.41) is 2.81. The van der Waals surface area contributed by atoms with Crippen LogP contribution in [-0.2, 0) is 23.6 Å². The maximum Gasteiger partial charge on any atom is 0.251 e. The molecule has 26 heavy (non-hydrogen) atoms. The lowest BCUT2D eigenvalue weighted by Crippen LogP contribution is -2.25. The molecule has 3 rings (SSSR count). The van der Waals surface area contributed by atoms with Crippen molar-refractivity contribution in [2.45, 2.75) is 18.4 Å². The smallest absolute Gasteiger partial charge is 0.251 e. The standard InChI is InChI=1S/C18H20N4O3S/c1-3-20-26(24,25)14-10-8-13(9-11-14)18(23)19-12-17-21-15-6-4-5-7-16(15)22(17)2/h4-11,20H,3,12H2,1-2H3,(H,19,23). The lowest BCUT2D eigenvalue weighted by molar-refractivity contribution is 0.0949. The second kappa shape index (κ2) is 7.27. The van der Waals surface area contributed by atoms with Crippen molar-refractivity contribution < 1.29 is 13.2 Å². The number of rotatable bonds is 6. The fraction of sp³-hybridized carbons (Fsp3) is 0.222. The molecule has 0 spiro atoms. The lowest BCUT2D eigenvalue weighted by atomic mass is 10.2. The highest BCUT2D eigenvalue weighted by Gasteiger charge is 2.14. The van der Waals surface area contributed by atoms with Crippen LogP contribution in [0, 0.1) is 0 Å². The zero-order chi connectivity index (χ0) is 18.7. The number of aromatic nitrogens is 2. The summed E-state index contributed by atoms with van der Waals surface area (Å²) in [7, 11) is -1.62. The van der Waals surface area contributed by atoms with Crippen LogP contribution in [0.1, 0.15) is 23.1 Å². The molecule has 0 aliphatic carbocycles. The summed E-state index contributed by atoms with van der Waals surface area (Å²) >= 11 is 0. The number of hydrogen-bond donors (Lipinski definition) is 2. The Morgan fingerprint density at radius 3 is 2.46 bits per heavy atom. The highest BCUT2D eigenvalue weighted by Crippen LogP contribution is 2.14. The number of benzene rings is 2. The maximum atomic E-state index is 12.3. The molecule has 7 nitrogen and oxygen atoms in total. The molecule has 0 unspecified atom stereocenters. The van der Waals surface area contributed by atoms with Crippen LogP contribution in [0.3, 0.4) is 0 Å². The number of sulfonamides is 1. The predicted octanol–water partition coefficient (Wildman–Crippen LogP) is 1.80. The van der Waals surface area contributed by atoms with Crippen LogP contribution in [0.25, 0.3) is 11.0 Å². The monoisotopic (exact) mass is 372 g/mol. The molecule has 8 heteroatoms. The number of aryl methyl sites for hydroxylation is 1. The second-order valence-corrected chi connectivity index (χ2v) is 7.55. The van der Waals surface area contributed by atoms with Crippen molar-refractivity contribution in [1.82, 2.24) is 19.6 Å². The van der Waals surface area contributed by atoms with E-state index >= 15 is 0 Å². The van der Waals surface area contributed by atoms with Crippen LogP contribution < -0.4 is 10.0 Å². The summed E-state index contributed by atoms with van der Waals surface area (Å²) in [6.07, 6.45) is 0. The quantitative estimate of drug-likeness (QED) is 0.690. The van der Waals surface area contributed by atoms with Crippen LogP contribution >= 0.6 is 0 Å². The van der Waals surface area contributed by atoms with Gasteiger partial charge in [0.05, 0.1) is 22.5 Å². The first-order chi connectivity index (χ1) is 12.4. The molecule has 0 aliphatic heterocycles. The zero-order valence-electron chi connectivity index (χ0n) is 14.6. The summed E-state index contributed by atoms with van der Waals surface area (Å²) in [5.41, 5.74) is 2.26. The number of carbonyl (C=O) groups excluding carboxylic acids is 1. The van der Waals surface area contributed by atoms with Crippen molar-refractivity contribution in [2.75, 3.05) is 6.54 Å². The van der Waals surface area contributed by atoms with Crippen molar-refractivity contribution in [3.63, 3.8) is 0 Å². The van der Waals surface area contributed by atoms with E-state index in [-0.39, 0.29) is 17.3 Å². The fourth-order valence-electron chi connectivity index (χ4n) is 2.67. The van der Waals surface area contributed by atoms with E-state index in [0.717, 1.165) is 16.9 Å². The molecular weight excluding hydrogens is 352 g/mol. The predicted molar refractivity (Wildman–Crippen MR) is 99.2 cm³/mol. The van der Waals surface area contributed by atoms with E-state index in [1.165, 1.54) is 24.3 Å². The molecule has 2 N–H and O–H groups in total. The molecule has 0 atom stereocenters. The Morgan fingerprint density at radius 1 is 1.12 bits per heavy atom. The van der Waals surface area contributed by atoms with Crippen molar-refractivity contribution in [1.29, 1.82) is 0 Å². The first kappa shape index (κ1) is 18.1. The Balaban J connectivity index is 1.71. The molecule has 0 radical (unpaired) electrons. The van der Waals surface area contributed by atoms with Gasteiger partial charge in [0.15, 0.2) is 0 Å². The molecule has 0 fully saturated rings. The number of para-hydroxylation sites is 2. The van der Waals surface area contributed by atoms with Crippen LogP contribution in [0.2, 0.25) is 0 Å². The van der Waals surface area contributed by atoms with Gasteiger partial charge >= 0.3 is 0 Å². The molecule has 0 saturated heterocycles. The minimum atomic E-state index is -3.52. The van der Waals surface area contributed by atoms with Gasteiger partial charge in [-0.15, -0.1) is 0 Å². The topological polar surface area (TPSA) is 93.1 Å². The van der Waals surface area contributed by atoms with Crippen LogP contribution in [0.4, 0.5) is 0 Å². The molecule has 1 aromatic heterocycles. The van der Waals surface area contributed by atoms with Gasteiger partial charge in [-0.25, -0.2) is 18.1 Å². The average molecular weight is 372 g/mol. The Hall–Kier alpha value is -2.71. The third-order valence-corrected chi connectivity index (χ3v) is 5.61. The summed E-state index contributed by atoms with van der Waals surface area (Å²) < 4.78 is 28.2. The Bertz CT molecular complexity index is 1040. The molecular formula is C18H20N4O3S. The Morgan fingerprint density at radius 2 is 1.81 bits per heavy atom. The van der Waals surface area contributed by atoms with Gasteiger partial charge in [-0.3, -0.25) is 4.79 Å². The number of imidazole rings is 1. The molecule has 136 valence electrons. The van der Waals surface area contributed by atoms with E-state index in [0.29, 0.717) is 12.1 Å². The summed E-state index contributed by atoms with van der Waals surface area (Å²) in [6, 6.07) is 13.6. The normalized spacial score (nSPS) is 11.6. The van der Waals surface area contributed by atoms with Gasteiger partial charge in [0.2, 0.25) is 10.0 Å². The van der Waals surface area contributed by atoms with Gasteiger partial charge in [-0.2, -0.15) is 0 Å². The number of amides is 1.